The summed E-state index contributed by atoms with van der Waals surface area (Å²) in [7, 11) is -1.09. The van der Waals surface area contributed by atoms with Crippen molar-refractivity contribution in [1.29, 1.82) is 0 Å². The summed E-state index contributed by atoms with van der Waals surface area (Å²) >= 11 is 0. The minimum Gasteiger partial charge on any atom is -0.467 e. The van der Waals surface area contributed by atoms with Gasteiger partial charge in [-0.15, -0.1) is 0 Å². The Morgan fingerprint density at radius 1 is 1.11 bits per heavy atom. The topological polar surface area (TPSA) is 108 Å². The molecule has 0 unspecified atom stereocenters. The van der Waals surface area contributed by atoms with Gasteiger partial charge in [0.25, 0.3) is 0 Å². The number of hydrogen-bond donors (Lipinski definition) is 0. The van der Waals surface area contributed by atoms with Gasteiger partial charge in [-0.05, 0) is 30.1 Å². The van der Waals surface area contributed by atoms with E-state index in [1.807, 2.05) is 18.2 Å². The second-order valence-corrected chi connectivity index (χ2v) is 15.3. The highest BCUT2D eigenvalue weighted by Crippen LogP contribution is 2.39. The number of ether oxygens (including phenoxy) is 3. The number of carbonyl (C=O) groups is 4. The molecule has 1 aliphatic heterocycles. The van der Waals surface area contributed by atoms with Gasteiger partial charge >= 0.3 is 18.0 Å². The highest BCUT2D eigenvalue weighted by atomic mass is 28.4. The van der Waals surface area contributed by atoms with Gasteiger partial charge in [-0.2, -0.15) is 0 Å². The molecule has 10 heteroatoms. The lowest BCUT2D eigenvalue weighted by atomic mass is 10.1. The van der Waals surface area contributed by atoms with E-state index in [9.17, 15) is 19.2 Å². The van der Waals surface area contributed by atoms with Crippen molar-refractivity contribution in [2.24, 2.45) is 0 Å². The number of ketones is 1. The monoisotopic (exact) mass is 521 g/mol. The first kappa shape index (κ1) is 29.5. The lowest BCUT2D eigenvalue weighted by molar-refractivity contribution is -0.167. The van der Waals surface area contributed by atoms with Crippen LogP contribution in [0.15, 0.2) is 30.3 Å². The standard InChI is InChI=1S/C26H39NO8Si/c1-18(28)34-23-16-21(35-36(6,7)26(2,3)4)14-13-20(29)15-22(24(30)32-5)27(23)25(31)33-17-19-11-9-8-10-12-19/h8-12,21-23H,13-17H2,1-7H3/t21-,22+,23+/m1/s1. The molecule has 0 N–H and O–H groups in total. The maximum absolute atomic E-state index is 13.4. The molecule has 1 fully saturated rings. The van der Waals surface area contributed by atoms with Crippen LogP contribution < -0.4 is 0 Å². The molecule has 3 atom stereocenters. The summed E-state index contributed by atoms with van der Waals surface area (Å²) in [6.45, 7) is 11.6. The predicted molar refractivity (Wildman–Crippen MR) is 135 cm³/mol. The van der Waals surface area contributed by atoms with Gasteiger partial charge in [0.1, 0.15) is 18.4 Å². The van der Waals surface area contributed by atoms with E-state index in [-0.39, 0.29) is 36.7 Å². The van der Waals surface area contributed by atoms with E-state index in [4.69, 9.17) is 18.6 Å². The zero-order chi connectivity index (χ0) is 27.1. The summed E-state index contributed by atoms with van der Waals surface area (Å²) in [5.41, 5.74) is 0.740. The zero-order valence-electron chi connectivity index (χ0n) is 22.4. The number of Topliss-reactive ketones (excluding diaryl/α,β-unsaturated/α-hetero) is 1. The van der Waals surface area contributed by atoms with Gasteiger partial charge in [0.15, 0.2) is 14.5 Å². The third-order valence-electron chi connectivity index (χ3n) is 6.74. The first-order chi connectivity index (χ1) is 16.7. The molecule has 0 aromatic heterocycles. The second-order valence-electron chi connectivity index (χ2n) is 10.6. The molecule has 1 aliphatic rings. The van der Waals surface area contributed by atoms with Crippen LogP contribution in [0.3, 0.4) is 0 Å². The smallest absolute Gasteiger partial charge is 0.413 e. The van der Waals surface area contributed by atoms with Crippen molar-refractivity contribution in [2.75, 3.05) is 7.11 Å². The molecule has 0 bridgehead atoms. The molecule has 0 saturated carbocycles. The Hall–Kier alpha value is -2.72. The Kier molecular flexibility index (Phi) is 10.2. The van der Waals surface area contributed by atoms with Crippen molar-refractivity contribution in [2.45, 2.75) is 96.5 Å². The highest BCUT2D eigenvalue weighted by molar-refractivity contribution is 6.74. The van der Waals surface area contributed by atoms with Crippen LogP contribution in [0.2, 0.25) is 18.1 Å². The average molecular weight is 522 g/mol. The Morgan fingerprint density at radius 3 is 2.31 bits per heavy atom. The SMILES string of the molecule is COC(=O)[C@@H]1CC(=O)CC[C@@H](O[Si](C)(C)C(C)(C)C)C[C@H](OC(C)=O)N1C(=O)OCc1ccccc1. The summed E-state index contributed by atoms with van der Waals surface area (Å²) in [5, 5.41) is -0.102. The van der Waals surface area contributed by atoms with E-state index >= 15 is 0 Å². The van der Waals surface area contributed by atoms with Crippen molar-refractivity contribution in [3.05, 3.63) is 35.9 Å². The Labute approximate surface area is 214 Å². The van der Waals surface area contributed by atoms with Crippen LogP contribution in [0, 0.1) is 0 Å². The van der Waals surface area contributed by atoms with Crippen molar-refractivity contribution >= 4 is 32.1 Å². The maximum Gasteiger partial charge on any atom is 0.413 e. The van der Waals surface area contributed by atoms with Crippen LogP contribution >= 0.6 is 0 Å². The van der Waals surface area contributed by atoms with Crippen LogP contribution in [0.1, 0.15) is 58.9 Å². The van der Waals surface area contributed by atoms with E-state index in [0.717, 1.165) is 10.5 Å². The Bertz CT molecular complexity index is 928. The molecule has 1 saturated heterocycles. The van der Waals surface area contributed by atoms with E-state index in [2.05, 4.69) is 33.9 Å². The summed E-state index contributed by atoms with van der Waals surface area (Å²) in [6.07, 6.45) is -2.20. The Morgan fingerprint density at radius 2 is 1.75 bits per heavy atom. The fourth-order valence-corrected chi connectivity index (χ4v) is 5.16. The van der Waals surface area contributed by atoms with Crippen molar-refractivity contribution in [3.8, 4) is 0 Å². The predicted octanol–water partition coefficient (Wildman–Crippen LogP) is 4.59. The number of hydrogen-bond acceptors (Lipinski definition) is 8. The average Bonchev–Trinajstić information content (AvgIpc) is 2.85. The molecule has 1 aromatic rings. The molecule has 0 spiro atoms. The molecule has 36 heavy (non-hydrogen) atoms. The van der Waals surface area contributed by atoms with E-state index in [0.29, 0.717) is 6.42 Å². The van der Waals surface area contributed by atoms with Gasteiger partial charge in [0.2, 0.25) is 0 Å². The molecule has 1 amide bonds. The first-order valence-electron chi connectivity index (χ1n) is 12.2. The number of nitrogens with zero attached hydrogens (tertiary/aromatic N) is 1. The first-order valence-corrected chi connectivity index (χ1v) is 15.1. The summed E-state index contributed by atoms with van der Waals surface area (Å²) in [4.78, 5) is 52.1. The van der Waals surface area contributed by atoms with E-state index in [1.54, 1.807) is 12.1 Å². The molecule has 1 heterocycles. The maximum atomic E-state index is 13.4. The molecule has 9 nitrogen and oxygen atoms in total. The second kappa shape index (κ2) is 12.5. The molecular weight excluding hydrogens is 482 g/mol. The molecule has 1 aromatic carbocycles. The van der Waals surface area contributed by atoms with Gasteiger partial charge < -0.3 is 18.6 Å². The molecular formula is C26H39NO8Si. The van der Waals surface area contributed by atoms with Crippen LogP contribution in [-0.2, 0) is 39.6 Å². The van der Waals surface area contributed by atoms with E-state index in [1.165, 1.54) is 14.0 Å². The molecule has 0 radical (unpaired) electrons. The van der Waals surface area contributed by atoms with Gasteiger partial charge in [0.05, 0.1) is 13.2 Å². The summed E-state index contributed by atoms with van der Waals surface area (Å²) in [6, 6.07) is 7.74. The third-order valence-corrected chi connectivity index (χ3v) is 11.3. The molecule has 0 aliphatic carbocycles. The quantitative estimate of drug-likeness (QED) is 0.304. The summed E-state index contributed by atoms with van der Waals surface area (Å²) in [5.74, 6) is -1.65. The van der Waals surface area contributed by atoms with Gasteiger partial charge in [-0.3, -0.25) is 14.5 Å². The lowest BCUT2D eigenvalue weighted by Gasteiger charge is -2.41. The van der Waals surface area contributed by atoms with Crippen LogP contribution in [-0.4, -0.2) is 62.5 Å². The van der Waals surface area contributed by atoms with E-state index < -0.39 is 44.7 Å². The number of carbonyl (C=O) groups excluding carboxylic acids is 4. The van der Waals surface area contributed by atoms with Crippen molar-refractivity contribution in [3.63, 3.8) is 0 Å². The number of amides is 1. The molecule has 200 valence electrons. The van der Waals surface area contributed by atoms with Gasteiger partial charge in [0, 0.05) is 26.2 Å². The molecule has 2 rings (SSSR count). The van der Waals surface area contributed by atoms with Crippen LogP contribution in [0.4, 0.5) is 4.79 Å². The summed E-state index contributed by atoms with van der Waals surface area (Å²) < 4.78 is 22.6. The van der Waals surface area contributed by atoms with Crippen LogP contribution in [0.5, 0.6) is 0 Å². The number of esters is 2. The number of methoxy groups -OCH3 is 1. The minimum absolute atomic E-state index is 0.0608. The Balaban J connectivity index is 2.45. The van der Waals surface area contributed by atoms with Gasteiger partial charge in [-0.1, -0.05) is 51.1 Å². The third kappa shape index (κ3) is 8.16. The van der Waals surface area contributed by atoms with Crippen molar-refractivity contribution in [1.82, 2.24) is 4.90 Å². The van der Waals surface area contributed by atoms with Gasteiger partial charge in [-0.25, -0.2) is 9.59 Å². The van der Waals surface area contributed by atoms with Crippen molar-refractivity contribution < 1.29 is 37.8 Å². The number of rotatable bonds is 6. The normalized spacial score (nSPS) is 21.6. The highest BCUT2D eigenvalue weighted by Gasteiger charge is 2.45. The zero-order valence-corrected chi connectivity index (χ0v) is 23.4. The lowest BCUT2D eigenvalue weighted by Crippen LogP contribution is -2.54. The fraction of sp³-hybridized carbons (Fsp3) is 0.615. The largest absolute Gasteiger partial charge is 0.467 e. The fourth-order valence-electron chi connectivity index (χ4n) is 3.76. The number of benzene rings is 1. The van der Waals surface area contributed by atoms with Crippen LogP contribution in [0.25, 0.3) is 0 Å². The minimum atomic E-state index is -2.27.